The van der Waals surface area contributed by atoms with Crippen LogP contribution in [0.4, 0.5) is 5.69 Å². The van der Waals surface area contributed by atoms with Crippen LogP contribution in [0.2, 0.25) is 0 Å². The zero-order chi connectivity index (χ0) is 19.0. The summed E-state index contributed by atoms with van der Waals surface area (Å²) in [6.07, 6.45) is 0. The Labute approximate surface area is 163 Å². The number of nitrogens with zero attached hydrogens (tertiary/aromatic N) is 3. The van der Waals surface area contributed by atoms with E-state index in [2.05, 4.69) is 17.5 Å². The molecule has 0 saturated carbocycles. The van der Waals surface area contributed by atoms with Gasteiger partial charge in [0.15, 0.2) is 0 Å². The Morgan fingerprint density at radius 2 is 1.78 bits per heavy atom. The Bertz CT molecular complexity index is 1290. The number of amides is 1. The molecular formula is C20H12N4OS2. The number of carbonyl (C=O) groups excluding carboxylic acids is 1. The molecule has 1 N–H and O–H groups in total. The maximum atomic E-state index is 11.5. The van der Waals surface area contributed by atoms with Crippen molar-refractivity contribution in [3.63, 3.8) is 0 Å². The van der Waals surface area contributed by atoms with Crippen molar-refractivity contribution in [3.05, 3.63) is 59.7 Å². The molecule has 0 spiro atoms. The van der Waals surface area contributed by atoms with Crippen molar-refractivity contribution in [1.82, 2.24) is 4.40 Å². The Hall–Kier alpha value is -3.26. The van der Waals surface area contributed by atoms with Gasteiger partial charge in [-0.3, -0.25) is 9.20 Å². The summed E-state index contributed by atoms with van der Waals surface area (Å²) in [5, 5.41) is 22.9. The first-order chi connectivity index (χ1) is 13.1. The van der Waals surface area contributed by atoms with Gasteiger partial charge in [0, 0.05) is 11.8 Å². The van der Waals surface area contributed by atoms with Crippen LogP contribution in [0.25, 0.3) is 15.0 Å². The Kier molecular flexibility index (Phi) is 4.33. The van der Waals surface area contributed by atoms with Gasteiger partial charge in [-0.15, -0.1) is 11.3 Å². The van der Waals surface area contributed by atoms with Gasteiger partial charge in [0.05, 0.1) is 15.9 Å². The number of carbonyl (C=O) groups is 1. The van der Waals surface area contributed by atoms with Gasteiger partial charge in [-0.05, 0) is 24.3 Å². The minimum atomic E-state index is -0.164. The normalized spacial score (nSPS) is 10.6. The zero-order valence-corrected chi connectivity index (χ0v) is 15.8. The van der Waals surface area contributed by atoms with Gasteiger partial charge >= 0.3 is 0 Å². The Balaban J connectivity index is 1.99. The lowest BCUT2D eigenvalue weighted by Crippen LogP contribution is -2.06. The molecule has 0 atom stereocenters. The van der Waals surface area contributed by atoms with Crippen LogP contribution in [0.15, 0.2) is 58.5 Å². The van der Waals surface area contributed by atoms with Gasteiger partial charge in [-0.1, -0.05) is 36.0 Å². The lowest BCUT2D eigenvalue weighted by Gasteiger charge is -2.09. The quantitative estimate of drug-likeness (QED) is 0.535. The molecule has 4 aromatic rings. The second-order valence-corrected chi connectivity index (χ2v) is 7.83. The van der Waals surface area contributed by atoms with E-state index in [9.17, 15) is 15.3 Å². The minimum Gasteiger partial charge on any atom is -0.325 e. The van der Waals surface area contributed by atoms with Crippen LogP contribution in [0.5, 0.6) is 0 Å². The predicted molar refractivity (Wildman–Crippen MR) is 107 cm³/mol. The van der Waals surface area contributed by atoms with E-state index in [0.717, 1.165) is 19.9 Å². The van der Waals surface area contributed by atoms with Crippen LogP contribution in [0.1, 0.15) is 18.1 Å². The smallest absolute Gasteiger partial charge is 0.221 e. The third-order valence-corrected chi connectivity index (χ3v) is 6.33. The molecule has 0 bridgehead atoms. The van der Waals surface area contributed by atoms with Crippen molar-refractivity contribution in [2.45, 2.75) is 16.8 Å². The summed E-state index contributed by atoms with van der Waals surface area (Å²) in [7, 11) is 0. The van der Waals surface area contributed by atoms with Gasteiger partial charge in [-0.25, -0.2) is 0 Å². The molecule has 2 aromatic carbocycles. The number of rotatable bonds is 3. The fourth-order valence-electron chi connectivity index (χ4n) is 2.93. The van der Waals surface area contributed by atoms with E-state index in [1.807, 2.05) is 52.9 Å². The Morgan fingerprint density at radius 3 is 2.52 bits per heavy atom. The van der Waals surface area contributed by atoms with Gasteiger partial charge < -0.3 is 5.32 Å². The number of anilines is 1. The van der Waals surface area contributed by atoms with Crippen LogP contribution < -0.4 is 5.32 Å². The van der Waals surface area contributed by atoms with Crippen LogP contribution in [-0.2, 0) is 4.79 Å². The maximum absolute atomic E-state index is 11.5. The number of nitriles is 2. The second-order valence-electron chi connectivity index (χ2n) is 5.77. The molecule has 0 aliphatic carbocycles. The molecule has 130 valence electrons. The van der Waals surface area contributed by atoms with Gasteiger partial charge in [0.25, 0.3) is 0 Å². The third kappa shape index (κ3) is 2.83. The summed E-state index contributed by atoms with van der Waals surface area (Å²) >= 11 is 2.87. The van der Waals surface area contributed by atoms with E-state index in [-0.39, 0.29) is 5.91 Å². The number of fused-ring (bicyclic) bond motifs is 3. The first kappa shape index (κ1) is 17.2. The fourth-order valence-corrected chi connectivity index (χ4v) is 5.26. The number of benzene rings is 2. The first-order valence-corrected chi connectivity index (χ1v) is 9.68. The molecule has 0 unspecified atom stereocenters. The summed E-state index contributed by atoms with van der Waals surface area (Å²) in [6.45, 7) is 1.46. The van der Waals surface area contributed by atoms with E-state index in [1.165, 1.54) is 30.0 Å². The van der Waals surface area contributed by atoms with Crippen molar-refractivity contribution < 1.29 is 4.79 Å². The zero-order valence-electron chi connectivity index (χ0n) is 14.2. The van der Waals surface area contributed by atoms with Crippen molar-refractivity contribution in [1.29, 1.82) is 10.5 Å². The number of para-hydroxylation sites is 2. The topological polar surface area (TPSA) is 81.1 Å². The van der Waals surface area contributed by atoms with Gasteiger partial charge in [0.2, 0.25) is 5.91 Å². The van der Waals surface area contributed by atoms with Crippen LogP contribution >= 0.6 is 23.1 Å². The highest BCUT2D eigenvalue weighted by Gasteiger charge is 2.23. The Morgan fingerprint density at radius 1 is 1.07 bits per heavy atom. The van der Waals surface area contributed by atoms with Crippen LogP contribution in [0.3, 0.4) is 0 Å². The van der Waals surface area contributed by atoms with Crippen molar-refractivity contribution in [3.8, 4) is 12.1 Å². The molecule has 7 heteroatoms. The number of hydrogen-bond donors (Lipinski definition) is 1. The SMILES string of the molecule is CC(=O)Nc1ccccc1Sc1c(C#N)c(C#N)c2sc3ccccc3n12. The van der Waals surface area contributed by atoms with E-state index < -0.39 is 0 Å². The van der Waals surface area contributed by atoms with Gasteiger partial charge in [-0.2, -0.15) is 10.5 Å². The highest BCUT2D eigenvalue weighted by molar-refractivity contribution is 7.99. The third-order valence-electron chi connectivity index (χ3n) is 4.02. The monoisotopic (exact) mass is 388 g/mol. The summed E-state index contributed by atoms with van der Waals surface area (Å²) < 4.78 is 3.01. The van der Waals surface area contributed by atoms with E-state index in [4.69, 9.17) is 0 Å². The largest absolute Gasteiger partial charge is 0.325 e. The standard InChI is InChI=1S/C20H12N4OS2/c1-12(25)23-15-6-2-4-8-17(15)26-19-13(10-21)14(11-22)20-24(19)16-7-3-5-9-18(16)27-20/h2-9H,1H3,(H,23,25). The maximum Gasteiger partial charge on any atom is 0.221 e. The number of aromatic nitrogens is 1. The summed E-state index contributed by atoms with van der Waals surface area (Å²) in [5.41, 5.74) is 2.37. The van der Waals surface area contributed by atoms with E-state index in [1.54, 1.807) is 0 Å². The molecule has 1 amide bonds. The van der Waals surface area contributed by atoms with E-state index >= 15 is 0 Å². The molecule has 4 rings (SSSR count). The molecular weight excluding hydrogens is 376 g/mol. The average Bonchev–Trinajstić information content (AvgIpc) is 3.17. The molecule has 5 nitrogen and oxygen atoms in total. The van der Waals surface area contributed by atoms with Crippen LogP contribution in [-0.4, -0.2) is 10.3 Å². The van der Waals surface area contributed by atoms with Crippen molar-refractivity contribution in [2.24, 2.45) is 0 Å². The lowest BCUT2D eigenvalue weighted by molar-refractivity contribution is -0.114. The number of thiazole rings is 1. The molecule has 0 saturated heterocycles. The average molecular weight is 388 g/mol. The highest BCUT2D eigenvalue weighted by atomic mass is 32.2. The van der Waals surface area contributed by atoms with Gasteiger partial charge in [0.1, 0.15) is 33.1 Å². The van der Waals surface area contributed by atoms with Crippen molar-refractivity contribution in [2.75, 3.05) is 5.32 Å². The van der Waals surface area contributed by atoms with E-state index in [0.29, 0.717) is 21.8 Å². The predicted octanol–water partition coefficient (Wildman–Crippen LogP) is 5.01. The van der Waals surface area contributed by atoms with Crippen molar-refractivity contribution >= 4 is 49.7 Å². The highest BCUT2D eigenvalue weighted by Crippen LogP contribution is 2.42. The fraction of sp³-hybridized carbons (Fsp3) is 0.0500. The minimum absolute atomic E-state index is 0.164. The molecule has 27 heavy (non-hydrogen) atoms. The molecule has 2 heterocycles. The summed E-state index contributed by atoms with van der Waals surface area (Å²) in [5.74, 6) is -0.164. The summed E-state index contributed by atoms with van der Waals surface area (Å²) in [4.78, 5) is 13.1. The molecule has 2 aromatic heterocycles. The molecule has 0 fully saturated rings. The molecule has 0 aliphatic rings. The second kappa shape index (κ2) is 6.81. The number of hydrogen-bond acceptors (Lipinski definition) is 5. The lowest BCUT2D eigenvalue weighted by atomic mass is 10.2. The first-order valence-electron chi connectivity index (χ1n) is 8.04. The molecule has 0 radical (unpaired) electrons. The number of nitrogens with one attached hydrogen (secondary N) is 1. The summed E-state index contributed by atoms with van der Waals surface area (Å²) in [6, 6.07) is 19.7. The van der Waals surface area contributed by atoms with Crippen LogP contribution in [0, 0.1) is 22.7 Å². The molecule has 0 aliphatic heterocycles.